The molecule has 0 radical (unpaired) electrons. The molecule has 6 nitrogen and oxygen atoms in total. The predicted octanol–water partition coefficient (Wildman–Crippen LogP) is 2.98. The fourth-order valence-corrected chi connectivity index (χ4v) is 3.06. The Morgan fingerprint density at radius 3 is 2.48 bits per heavy atom. The van der Waals surface area contributed by atoms with Crippen LogP contribution in [0.2, 0.25) is 0 Å². The Kier molecular flexibility index (Phi) is 5.39. The molecule has 1 unspecified atom stereocenters. The summed E-state index contributed by atoms with van der Waals surface area (Å²) in [6.45, 7) is 3.80. The Labute approximate surface area is 157 Å². The molecule has 0 fully saturated rings. The van der Waals surface area contributed by atoms with Crippen molar-refractivity contribution in [2.45, 2.75) is 20.0 Å². The molecule has 2 aromatic carbocycles. The van der Waals surface area contributed by atoms with Crippen LogP contribution < -0.4 is 5.32 Å². The van der Waals surface area contributed by atoms with E-state index in [1.807, 2.05) is 50.2 Å². The maximum Gasteiger partial charge on any atom is 0.336 e. The summed E-state index contributed by atoms with van der Waals surface area (Å²) >= 11 is 0. The van der Waals surface area contributed by atoms with Crippen LogP contribution in [0.15, 0.2) is 42.5 Å². The molecule has 4 N–H and O–H groups in total. The molecule has 1 aromatic heterocycles. The van der Waals surface area contributed by atoms with Gasteiger partial charge in [0.15, 0.2) is 0 Å². The number of pyridine rings is 1. The molecule has 140 valence electrons. The summed E-state index contributed by atoms with van der Waals surface area (Å²) < 4.78 is 0. The van der Waals surface area contributed by atoms with Crippen molar-refractivity contribution in [1.29, 1.82) is 0 Å². The standard InChI is InChI=1S/C21H22N2O4/c1-12-7-13(2)20-17(8-12)18(21(26)27)9-19(23-20)14-3-5-15(6-4-14)22-10-16(25)11-24/h3-9,16,22,24-25H,10-11H2,1-2H3,(H,26,27). The largest absolute Gasteiger partial charge is 0.478 e. The first-order chi connectivity index (χ1) is 12.9. The van der Waals surface area contributed by atoms with E-state index in [9.17, 15) is 15.0 Å². The monoisotopic (exact) mass is 366 g/mol. The van der Waals surface area contributed by atoms with Crippen molar-refractivity contribution in [3.05, 3.63) is 59.2 Å². The van der Waals surface area contributed by atoms with E-state index in [1.54, 1.807) is 6.07 Å². The fourth-order valence-electron chi connectivity index (χ4n) is 3.06. The van der Waals surface area contributed by atoms with Crippen molar-refractivity contribution < 1.29 is 20.1 Å². The van der Waals surface area contributed by atoms with E-state index in [-0.39, 0.29) is 18.7 Å². The van der Waals surface area contributed by atoms with Crippen molar-refractivity contribution in [3.8, 4) is 11.3 Å². The van der Waals surface area contributed by atoms with Crippen LogP contribution in [-0.2, 0) is 0 Å². The highest BCUT2D eigenvalue weighted by Crippen LogP contribution is 2.28. The molecular weight excluding hydrogens is 344 g/mol. The second-order valence-corrected chi connectivity index (χ2v) is 6.63. The zero-order chi connectivity index (χ0) is 19.6. The number of carbonyl (C=O) groups is 1. The SMILES string of the molecule is Cc1cc(C)c2nc(-c3ccc(NCC(O)CO)cc3)cc(C(=O)O)c2c1. The molecular formula is C21H22N2O4. The summed E-state index contributed by atoms with van der Waals surface area (Å²) in [5.74, 6) is -0.982. The lowest BCUT2D eigenvalue weighted by atomic mass is 10.00. The lowest BCUT2D eigenvalue weighted by Crippen LogP contribution is -2.22. The number of anilines is 1. The number of hydrogen-bond donors (Lipinski definition) is 4. The summed E-state index contributed by atoms with van der Waals surface area (Å²) in [6.07, 6.45) is -0.823. The molecule has 0 aliphatic carbocycles. The van der Waals surface area contributed by atoms with Gasteiger partial charge in [0.2, 0.25) is 0 Å². The highest BCUT2D eigenvalue weighted by Gasteiger charge is 2.15. The molecule has 0 bridgehead atoms. The zero-order valence-electron chi connectivity index (χ0n) is 15.2. The van der Waals surface area contributed by atoms with E-state index >= 15 is 0 Å². The smallest absolute Gasteiger partial charge is 0.336 e. The number of aryl methyl sites for hydroxylation is 2. The normalized spacial score (nSPS) is 12.1. The van der Waals surface area contributed by atoms with Crippen LogP contribution in [0, 0.1) is 13.8 Å². The first kappa shape index (κ1) is 18.8. The number of rotatable bonds is 6. The number of nitrogens with one attached hydrogen (secondary N) is 1. The number of aromatic nitrogens is 1. The maximum atomic E-state index is 11.8. The molecule has 0 saturated carbocycles. The van der Waals surface area contributed by atoms with Gasteiger partial charge < -0.3 is 20.6 Å². The Bertz CT molecular complexity index is 984. The molecule has 0 aliphatic heterocycles. The number of carboxylic acid groups (broad SMARTS) is 1. The minimum absolute atomic E-state index is 0.232. The summed E-state index contributed by atoms with van der Waals surface area (Å²) in [5.41, 5.74) is 5.03. The van der Waals surface area contributed by atoms with Crippen LogP contribution >= 0.6 is 0 Å². The minimum Gasteiger partial charge on any atom is -0.478 e. The van der Waals surface area contributed by atoms with Crippen LogP contribution in [-0.4, -0.2) is 45.5 Å². The molecule has 0 spiro atoms. The van der Waals surface area contributed by atoms with Gasteiger partial charge in [-0.2, -0.15) is 0 Å². The van der Waals surface area contributed by atoms with Crippen LogP contribution in [0.5, 0.6) is 0 Å². The summed E-state index contributed by atoms with van der Waals surface area (Å²) in [4.78, 5) is 16.5. The average Bonchev–Trinajstić information content (AvgIpc) is 2.65. The second kappa shape index (κ2) is 7.73. The van der Waals surface area contributed by atoms with Gasteiger partial charge >= 0.3 is 5.97 Å². The lowest BCUT2D eigenvalue weighted by molar-refractivity contribution is 0.0699. The quantitative estimate of drug-likeness (QED) is 0.535. The number of benzene rings is 2. The third-order valence-corrected chi connectivity index (χ3v) is 4.41. The molecule has 6 heteroatoms. The van der Waals surface area contributed by atoms with Gasteiger partial charge in [0, 0.05) is 23.2 Å². The van der Waals surface area contributed by atoms with Gasteiger partial charge in [-0.15, -0.1) is 0 Å². The van der Waals surface area contributed by atoms with Gasteiger partial charge in [-0.1, -0.05) is 23.8 Å². The first-order valence-electron chi connectivity index (χ1n) is 8.67. The van der Waals surface area contributed by atoms with E-state index in [2.05, 4.69) is 10.3 Å². The van der Waals surface area contributed by atoms with E-state index < -0.39 is 12.1 Å². The van der Waals surface area contributed by atoms with Gasteiger partial charge in [0.25, 0.3) is 0 Å². The van der Waals surface area contributed by atoms with Gasteiger partial charge in [0.1, 0.15) is 0 Å². The summed E-state index contributed by atoms with van der Waals surface area (Å²) in [5, 5.41) is 31.6. The number of aromatic carboxylic acids is 1. The number of hydrogen-bond acceptors (Lipinski definition) is 5. The molecule has 27 heavy (non-hydrogen) atoms. The Balaban J connectivity index is 2.00. The Hall–Kier alpha value is -2.96. The van der Waals surface area contributed by atoms with Crippen molar-refractivity contribution in [3.63, 3.8) is 0 Å². The topological polar surface area (TPSA) is 103 Å². The molecule has 0 saturated heterocycles. The minimum atomic E-state index is -0.982. The van der Waals surface area contributed by atoms with E-state index in [0.29, 0.717) is 16.6 Å². The number of nitrogens with zero attached hydrogens (tertiary/aromatic N) is 1. The predicted molar refractivity (Wildman–Crippen MR) is 105 cm³/mol. The number of aliphatic hydroxyl groups excluding tert-OH is 2. The van der Waals surface area contributed by atoms with E-state index in [0.717, 1.165) is 22.4 Å². The Morgan fingerprint density at radius 2 is 1.85 bits per heavy atom. The van der Waals surface area contributed by atoms with Crippen LogP contribution in [0.25, 0.3) is 22.2 Å². The fraction of sp³-hybridized carbons (Fsp3) is 0.238. The van der Waals surface area contributed by atoms with Crippen molar-refractivity contribution >= 4 is 22.6 Å². The first-order valence-corrected chi connectivity index (χ1v) is 8.67. The highest BCUT2D eigenvalue weighted by atomic mass is 16.4. The average molecular weight is 366 g/mol. The third-order valence-electron chi connectivity index (χ3n) is 4.41. The highest BCUT2D eigenvalue weighted by molar-refractivity contribution is 6.04. The van der Waals surface area contributed by atoms with Crippen molar-refractivity contribution in [2.75, 3.05) is 18.5 Å². The molecule has 0 amide bonds. The zero-order valence-corrected chi connectivity index (χ0v) is 15.2. The molecule has 1 heterocycles. The molecule has 3 aromatic rings. The summed E-state index contributed by atoms with van der Waals surface area (Å²) in [6, 6.07) is 12.8. The van der Waals surface area contributed by atoms with Crippen molar-refractivity contribution in [2.24, 2.45) is 0 Å². The van der Waals surface area contributed by atoms with Gasteiger partial charge in [-0.05, 0) is 43.7 Å². The number of carboxylic acids is 1. The lowest BCUT2D eigenvalue weighted by Gasteiger charge is -2.12. The van der Waals surface area contributed by atoms with Crippen LogP contribution in [0.1, 0.15) is 21.5 Å². The van der Waals surface area contributed by atoms with E-state index in [4.69, 9.17) is 5.11 Å². The number of aliphatic hydroxyl groups is 2. The molecule has 1 atom stereocenters. The molecule has 3 rings (SSSR count). The van der Waals surface area contributed by atoms with Crippen LogP contribution in [0.3, 0.4) is 0 Å². The van der Waals surface area contributed by atoms with Gasteiger partial charge in [-0.3, -0.25) is 0 Å². The number of fused-ring (bicyclic) bond motifs is 1. The third kappa shape index (κ3) is 4.07. The molecule has 0 aliphatic rings. The van der Waals surface area contributed by atoms with Crippen LogP contribution in [0.4, 0.5) is 5.69 Å². The maximum absolute atomic E-state index is 11.8. The summed E-state index contributed by atoms with van der Waals surface area (Å²) in [7, 11) is 0. The Morgan fingerprint density at radius 1 is 1.15 bits per heavy atom. The van der Waals surface area contributed by atoms with Gasteiger partial charge in [-0.25, -0.2) is 9.78 Å². The van der Waals surface area contributed by atoms with E-state index in [1.165, 1.54) is 0 Å². The second-order valence-electron chi connectivity index (χ2n) is 6.63. The van der Waals surface area contributed by atoms with Gasteiger partial charge in [0.05, 0.1) is 29.5 Å². The van der Waals surface area contributed by atoms with Crippen molar-refractivity contribution in [1.82, 2.24) is 4.98 Å².